The number of fused-ring (bicyclic) bond motifs is 1. The van der Waals surface area contributed by atoms with E-state index in [1.54, 1.807) is 0 Å². The number of aliphatic carboxylic acids is 1. The van der Waals surface area contributed by atoms with Gasteiger partial charge >= 0.3 is 5.97 Å². The minimum atomic E-state index is -5.64. The number of ether oxygens (including phenoxy) is 3. The molecular weight excluding hydrogens is 472 g/mol. The van der Waals surface area contributed by atoms with Gasteiger partial charge in [0.2, 0.25) is 12.7 Å². The van der Waals surface area contributed by atoms with Gasteiger partial charge in [-0.3, -0.25) is 14.5 Å². The largest absolute Gasteiger partial charge is 0.497 e. The van der Waals surface area contributed by atoms with Crippen molar-refractivity contribution in [2.24, 2.45) is 5.89 Å². The average Bonchev–Trinajstić information content (AvgIpc) is 3.58. The fourth-order valence-corrected chi connectivity index (χ4v) is 2.83. The van der Waals surface area contributed by atoms with Crippen LogP contribution in [-0.4, -0.2) is 66.6 Å². The first-order valence-electron chi connectivity index (χ1n) is 27.9. The standard InChI is InChI=1S/C29H38N2O6/c1-4-6-14-30(15-7-5-2)26(32)18-31-17-23(21-10-13-24-25(16-21)37-19-36-24)27(29(33)34)28(31)20-8-11-22(35-3)12-9-20/h8-13,16,23,27-28H,4-7,14-15,17-19H2,1-3H3,(H,33,34)/t23-,27-,28+/m1/s1/i1D3,2D3,3D3,4D2,5D2,6D2,7D2,8D,9D,10D,11D,12D,13D,14D2,15D2,16D,17D2,18D2,19D2,23D,27D,28D. The van der Waals surface area contributed by atoms with E-state index in [9.17, 15) is 19.5 Å². The number of amides is 1. The number of methoxy groups -OCH3 is 1. The Balaban J connectivity index is 2.46. The molecule has 2 aromatic carbocycles. The van der Waals surface area contributed by atoms with Crippen molar-refractivity contribution < 1.29 is 79.6 Å². The summed E-state index contributed by atoms with van der Waals surface area (Å²) in [4.78, 5) is 26.0. The predicted octanol–water partition coefficient (Wildman–Crippen LogP) is 4.69. The maximum absolute atomic E-state index is 15.4. The highest BCUT2D eigenvalue weighted by Crippen LogP contribution is 2.47. The Hall–Kier alpha value is -3.26. The van der Waals surface area contributed by atoms with Gasteiger partial charge in [0.15, 0.2) is 11.5 Å². The second-order valence-electron chi connectivity index (χ2n) is 6.33. The third-order valence-electron chi connectivity index (χ3n) is 4.24. The molecule has 2 aliphatic heterocycles. The summed E-state index contributed by atoms with van der Waals surface area (Å²) in [7, 11) is -3.72. The van der Waals surface area contributed by atoms with Crippen LogP contribution in [0.15, 0.2) is 42.3 Å². The predicted molar refractivity (Wildman–Crippen MR) is 140 cm³/mol. The quantitative estimate of drug-likeness (QED) is 0.412. The van der Waals surface area contributed by atoms with Crippen LogP contribution in [0.4, 0.5) is 0 Å². The van der Waals surface area contributed by atoms with Crippen LogP contribution in [0.5, 0.6) is 17.2 Å². The number of likely N-dealkylation sites (tertiary alicyclic amines) is 1. The topological polar surface area (TPSA) is 88.5 Å². The van der Waals surface area contributed by atoms with Crippen molar-refractivity contribution in [2.45, 2.75) is 51.1 Å². The fraction of sp³-hybridized carbons (Fsp3) is 0.517. The molecule has 0 spiro atoms. The molecule has 2 aromatic rings. The number of hydrogen-bond acceptors (Lipinski definition) is 6. The van der Waals surface area contributed by atoms with Gasteiger partial charge in [0.1, 0.15) is 8.49 Å². The van der Waals surface area contributed by atoms with Crippen LogP contribution in [0.3, 0.4) is 0 Å². The summed E-state index contributed by atoms with van der Waals surface area (Å²) in [6.45, 7) is -34.2. The van der Waals surface area contributed by atoms with Crippen molar-refractivity contribution >= 4 is 11.9 Å². The lowest BCUT2D eigenvalue weighted by Gasteiger charge is -2.30. The Morgan fingerprint density at radius 1 is 1.16 bits per heavy atom. The van der Waals surface area contributed by atoms with Gasteiger partial charge in [-0.05, 0) is 48.0 Å². The maximum atomic E-state index is 15.4. The fourth-order valence-electron chi connectivity index (χ4n) is 2.83. The van der Waals surface area contributed by atoms with E-state index in [2.05, 4.69) is 4.74 Å². The number of rotatable bonds is 12. The first-order valence-corrected chi connectivity index (χ1v) is 9.45. The Labute approximate surface area is 271 Å². The second-order valence-corrected chi connectivity index (χ2v) is 6.33. The number of carboxylic acids is 1. The minimum Gasteiger partial charge on any atom is -0.497 e. The smallest absolute Gasteiger partial charge is 0.309 e. The molecule has 200 valence electrons. The van der Waals surface area contributed by atoms with Crippen LogP contribution < -0.4 is 14.2 Å². The number of nitrogens with zero attached hydrogens (tertiary/aromatic N) is 2. The molecule has 0 aromatic heterocycles. The number of carboxylic acid groups (broad SMARTS) is 1. The molecule has 3 atom stereocenters. The lowest BCUT2D eigenvalue weighted by molar-refractivity contribution is -0.144. The highest BCUT2D eigenvalue weighted by molar-refractivity contribution is 5.79. The molecule has 8 nitrogen and oxygen atoms in total. The molecule has 0 unspecified atom stereocenters. The van der Waals surface area contributed by atoms with E-state index in [0.29, 0.717) is 0 Å². The molecule has 8 heteroatoms. The van der Waals surface area contributed by atoms with Crippen molar-refractivity contribution in [3.05, 3.63) is 53.4 Å². The zero-order chi connectivity index (χ0) is 58.9. The third-order valence-corrected chi connectivity index (χ3v) is 4.24. The van der Waals surface area contributed by atoms with Crippen molar-refractivity contribution in [2.75, 3.05) is 39.8 Å². The average molecular weight is 548 g/mol. The molecule has 37 heavy (non-hydrogen) atoms. The number of hydrogen-bond donors (Lipinski definition) is 1. The van der Waals surface area contributed by atoms with E-state index in [1.807, 2.05) is 0 Å². The van der Waals surface area contributed by atoms with Crippen molar-refractivity contribution in [1.29, 1.82) is 0 Å². The van der Waals surface area contributed by atoms with Gasteiger partial charge < -0.3 is 24.2 Å². The molecule has 0 bridgehead atoms. The summed E-state index contributed by atoms with van der Waals surface area (Å²) in [5, 5.41) is 11.1. The summed E-state index contributed by atoms with van der Waals surface area (Å²) < 4.78 is 327. The van der Waals surface area contributed by atoms with Crippen LogP contribution >= 0.6 is 0 Å². The maximum Gasteiger partial charge on any atom is 0.309 e. The highest BCUT2D eigenvalue weighted by atomic mass is 16.7. The Kier molecular flexibility index (Phi) is 2.21. The van der Waals surface area contributed by atoms with Crippen LogP contribution in [0.25, 0.3) is 0 Å². The lowest BCUT2D eigenvalue weighted by atomic mass is 9.82. The third kappa shape index (κ3) is 6.01. The van der Waals surface area contributed by atoms with E-state index >= 15 is 4.79 Å². The molecule has 1 saturated heterocycles. The molecular formula is C29H38N2O6. The highest BCUT2D eigenvalue weighted by Gasteiger charge is 2.48. The van der Waals surface area contributed by atoms with E-state index in [-0.39, 0.29) is 0 Å². The summed E-state index contributed by atoms with van der Waals surface area (Å²) in [6, 6.07) is -18.4. The van der Waals surface area contributed by atoms with Crippen molar-refractivity contribution in [3.63, 3.8) is 0 Å². The van der Waals surface area contributed by atoms with Crippen molar-refractivity contribution in [1.82, 2.24) is 9.80 Å². The number of carbonyl (C=O) groups excluding carboxylic acids is 1. The Morgan fingerprint density at radius 3 is 2.54 bits per heavy atom. The van der Waals surface area contributed by atoms with Crippen LogP contribution in [0.2, 0.25) is 0 Å². The van der Waals surface area contributed by atoms with Gasteiger partial charge in [0.05, 0.1) is 37.2 Å². The van der Waals surface area contributed by atoms with Gasteiger partial charge in [0.25, 0.3) is 0 Å². The summed E-state index contributed by atoms with van der Waals surface area (Å²) in [5.74, 6) is -21.4. The van der Waals surface area contributed by atoms with Crippen LogP contribution in [-0.2, 0) is 9.59 Å². The van der Waals surface area contributed by atoms with E-state index in [1.165, 1.54) is 0 Å². The molecule has 4 rings (SSSR count). The minimum absolute atomic E-state index is 1.23. The summed E-state index contributed by atoms with van der Waals surface area (Å²) in [5.41, 5.74) is -4.36. The van der Waals surface area contributed by atoms with Gasteiger partial charge in [-0.25, -0.2) is 0 Å². The van der Waals surface area contributed by atoms with Crippen molar-refractivity contribution in [3.8, 4) is 17.2 Å². The van der Waals surface area contributed by atoms with Gasteiger partial charge in [-0.15, -0.1) is 0 Å². The Bertz CT molecular complexity index is 2580. The SMILES string of the molecule is [2H]c1c([2H])c([C@]2([2H])N(C([2H])([2H])C(=O)N(C([2H])([2H])C([2H])([2H])C([2H])([2H])C([2H])([2H])[2H])C([2H])([2H])C([2H])([2H])C([2H])([2H])C([2H])([2H])[2H])C([2H])([2H])[C@]([2H])(c3c([2H])c([2H])c4c(c3[2H])OC([2H])([2H])O4)[C@@]2([2H])C(=O)O)c([2H])c([2H])c1OC([2H])([2H])[2H]. The van der Waals surface area contributed by atoms with E-state index in [0.717, 1.165) is 0 Å². The van der Waals surface area contributed by atoms with Gasteiger partial charge in [-0.1, -0.05) is 44.6 Å². The normalized spacial score (nSPS) is 47.7. The monoisotopic (exact) mass is 548 g/mol. The van der Waals surface area contributed by atoms with Crippen LogP contribution in [0.1, 0.15) is 113 Å². The van der Waals surface area contributed by atoms with E-state index < -0.39 is 189 Å². The Morgan fingerprint density at radius 2 is 1.86 bits per heavy atom. The molecule has 0 radical (unpaired) electrons. The molecule has 1 N–H and O–H groups in total. The molecule has 0 saturated carbocycles. The zero-order valence-electron chi connectivity index (χ0n) is 54.9. The van der Waals surface area contributed by atoms with E-state index in [4.69, 9.17) is 50.6 Å². The molecule has 1 amide bonds. The zero-order valence-corrected chi connectivity index (χ0v) is 17.9. The van der Waals surface area contributed by atoms with Crippen LogP contribution in [0, 0.1) is 5.89 Å². The molecule has 2 heterocycles. The second kappa shape index (κ2) is 12.3. The number of benzene rings is 2. The van der Waals surface area contributed by atoms with Gasteiger partial charge in [0, 0.05) is 61.6 Å². The first kappa shape index (κ1) is 6.65. The lowest BCUT2D eigenvalue weighted by Crippen LogP contribution is -2.42. The molecule has 1 fully saturated rings. The molecule has 2 aliphatic rings. The number of carbonyl (C=O) groups is 2. The first-order chi connectivity index (χ1) is 32.2. The molecule has 0 aliphatic carbocycles. The summed E-state index contributed by atoms with van der Waals surface area (Å²) >= 11 is 0. The van der Waals surface area contributed by atoms with Gasteiger partial charge in [-0.2, -0.15) is 0 Å². The summed E-state index contributed by atoms with van der Waals surface area (Å²) in [6.07, 6.45) is -20.1.